The number of rotatable bonds is 5. The number of nitrogens with zero attached hydrogens (tertiary/aromatic N) is 1. The Bertz CT molecular complexity index is 974. The molecule has 1 N–H and O–H groups in total. The van der Waals surface area contributed by atoms with Crippen LogP contribution in [0.4, 0.5) is 4.39 Å². The summed E-state index contributed by atoms with van der Waals surface area (Å²) in [6, 6.07) is 9.60. The number of fused-ring (bicyclic) bond motifs is 1. The summed E-state index contributed by atoms with van der Waals surface area (Å²) < 4.78 is 56.5. The quantitative estimate of drug-likeness (QED) is 0.786. The smallest absolute Gasteiger partial charge is 0.243 e. The molecular weight excluding hydrogens is 387 g/mol. The van der Waals surface area contributed by atoms with Crippen molar-refractivity contribution in [2.45, 2.75) is 11.4 Å². The minimum Gasteiger partial charge on any atom is -0.494 e. The van der Waals surface area contributed by atoms with E-state index in [1.54, 1.807) is 0 Å². The van der Waals surface area contributed by atoms with E-state index in [0.717, 1.165) is 29.7 Å². The van der Waals surface area contributed by atoms with E-state index in [1.165, 1.54) is 28.4 Å². The lowest BCUT2D eigenvalue weighted by Crippen LogP contribution is -3.13. The molecule has 4 rings (SSSR count). The fourth-order valence-electron chi connectivity index (χ4n) is 3.52. The maximum absolute atomic E-state index is 13.9. The molecule has 0 radical (unpaired) electrons. The highest BCUT2D eigenvalue weighted by Crippen LogP contribution is 2.32. The van der Waals surface area contributed by atoms with Crippen molar-refractivity contribution in [2.75, 3.05) is 40.1 Å². The van der Waals surface area contributed by atoms with Crippen LogP contribution in [0.15, 0.2) is 41.3 Å². The predicted molar refractivity (Wildman–Crippen MR) is 98.7 cm³/mol. The third kappa shape index (κ3) is 3.65. The van der Waals surface area contributed by atoms with Crippen molar-refractivity contribution in [1.82, 2.24) is 4.31 Å². The fourth-order valence-corrected chi connectivity index (χ4v) is 4.97. The Morgan fingerprint density at radius 2 is 1.86 bits per heavy atom. The van der Waals surface area contributed by atoms with Crippen molar-refractivity contribution in [2.24, 2.45) is 0 Å². The molecule has 0 bridgehead atoms. The topological polar surface area (TPSA) is 69.5 Å². The van der Waals surface area contributed by atoms with Crippen molar-refractivity contribution in [3.63, 3.8) is 0 Å². The van der Waals surface area contributed by atoms with Crippen molar-refractivity contribution in [3.05, 3.63) is 47.8 Å². The molecule has 2 aliphatic rings. The molecule has 2 aromatic carbocycles. The van der Waals surface area contributed by atoms with Crippen LogP contribution in [-0.4, -0.2) is 52.8 Å². The molecule has 2 aromatic rings. The maximum Gasteiger partial charge on any atom is 0.243 e. The van der Waals surface area contributed by atoms with Crippen molar-refractivity contribution < 1.29 is 31.9 Å². The highest BCUT2D eigenvalue weighted by atomic mass is 32.2. The zero-order valence-corrected chi connectivity index (χ0v) is 16.3. The van der Waals surface area contributed by atoms with E-state index in [4.69, 9.17) is 14.2 Å². The summed E-state index contributed by atoms with van der Waals surface area (Å²) in [6.45, 7) is 3.14. The second kappa shape index (κ2) is 7.57. The van der Waals surface area contributed by atoms with Gasteiger partial charge in [0.2, 0.25) is 16.8 Å². The Hall–Kier alpha value is -2.36. The Kier molecular flexibility index (Phi) is 5.13. The lowest BCUT2D eigenvalue weighted by Gasteiger charge is -2.31. The molecule has 2 heterocycles. The van der Waals surface area contributed by atoms with E-state index < -0.39 is 15.8 Å². The first-order valence-corrected chi connectivity index (χ1v) is 10.5. The van der Waals surface area contributed by atoms with Crippen LogP contribution in [0.2, 0.25) is 0 Å². The lowest BCUT2D eigenvalue weighted by atomic mass is 10.2. The normalized spacial score (nSPS) is 17.6. The molecule has 0 aliphatic carbocycles. The van der Waals surface area contributed by atoms with Crippen molar-refractivity contribution in [3.8, 4) is 17.2 Å². The number of piperazine rings is 1. The predicted octanol–water partition coefficient (Wildman–Crippen LogP) is 0.652. The number of methoxy groups -OCH3 is 1. The van der Waals surface area contributed by atoms with Crippen LogP contribution in [0.25, 0.3) is 0 Å². The third-order valence-electron chi connectivity index (χ3n) is 5.08. The van der Waals surface area contributed by atoms with Gasteiger partial charge < -0.3 is 19.1 Å². The monoisotopic (exact) mass is 409 g/mol. The van der Waals surface area contributed by atoms with E-state index >= 15 is 0 Å². The second-order valence-electron chi connectivity index (χ2n) is 6.81. The van der Waals surface area contributed by atoms with Gasteiger partial charge in [-0.25, -0.2) is 12.8 Å². The third-order valence-corrected chi connectivity index (χ3v) is 6.98. The van der Waals surface area contributed by atoms with Gasteiger partial charge >= 0.3 is 0 Å². The number of hydrogen-bond donors (Lipinski definition) is 1. The zero-order valence-electron chi connectivity index (χ0n) is 15.5. The molecule has 0 saturated carbocycles. The second-order valence-corrected chi connectivity index (χ2v) is 8.75. The zero-order chi connectivity index (χ0) is 19.7. The van der Waals surface area contributed by atoms with Gasteiger partial charge in [-0.1, -0.05) is 0 Å². The Balaban J connectivity index is 1.40. The van der Waals surface area contributed by atoms with Gasteiger partial charge in [0.05, 0.1) is 38.2 Å². The van der Waals surface area contributed by atoms with E-state index in [2.05, 4.69) is 0 Å². The summed E-state index contributed by atoms with van der Waals surface area (Å²) in [5.41, 5.74) is 1.12. The Morgan fingerprint density at radius 3 is 2.57 bits per heavy atom. The van der Waals surface area contributed by atoms with E-state index in [1.807, 2.05) is 18.2 Å². The summed E-state index contributed by atoms with van der Waals surface area (Å²) in [6.07, 6.45) is 0. The van der Waals surface area contributed by atoms with Crippen LogP contribution in [0.5, 0.6) is 17.2 Å². The number of benzene rings is 2. The first-order chi connectivity index (χ1) is 13.5. The summed E-state index contributed by atoms with van der Waals surface area (Å²) >= 11 is 0. The average Bonchev–Trinajstić information content (AvgIpc) is 3.16. The van der Waals surface area contributed by atoms with Gasteiger partial charge in [0.15, 0.2) is 23.1 Å². The van der Waals surface area contributed by atoms with Gasteiger partial charge in [-0.05, 0) is 36.4 Å². The molecule has 1 fully saturated rings. The average molecular weight is 409 g/mol. The molecule has 150 valence electrons. The molecule has 28 heavy (non-hydrogen) atoms. The SMILES string of the molecule is COc1ccc(S(=O)(=O)N2CC[NH+](Cc3ccc4c(c3)OCO4)CC2)cc1F. The van der Waals surface area contributed by atoms with Crippen molar-refractivity contribution in [1.29, 1.82) is 0 Å². The van der Waals surface area contributed by atoms with Crippen LogP contribution >= 0.6 is 0 Å². The minimum atomic E-state index is -3.73. The molecule has 0 spiro atoms. The van der Waals surface area contributed by atoms with Crippen LogP contribution < -0.4 is 19.1 Å². The van der Waals surface area contributed by atoms with Gasteiger partial charge in [0.25, 0.3) is 0 Å². The van der Waals surface area contributed by atoms with Crippen LogP contribution in [0, 0.1) is 5.82 Å². The summed E-state index contributed by atoms with van der Waals surface area (Å²) in [7, 11) is -2.38. The van der Waals surface area contributed by atoms with Gasteiger partial charge in [-0.15, -0.1) is 0 Å². The summed E-state index contributed by atoms with van der Waals surface area (Å²) in [5.74, 6) is 0.841. The molecule has 0 unspecified atom stereocenters. The number of quaternary nitrogens is 1. The van der Waals surface area contributed by atoms with Crippen molar-refractivity contribution >= 4 is 10.0 Å². The molecule has 9 heteroatoms. The molecule has 7 nitrogen and oxygen atoms in total. The number of nitrogens with one attached hydrogen (secondary N) is 1. The number of ether oxygens (including phenoxy) is 3. The molecule has 0 aromatic heterocycles. The largest absolute Gasteiger partial charge is 0.494 e. The lowest BCUT2D eigenvalue weighted by molar-refractivity contribution is -0.917. The Labute approximate surface area is 163 Å². The van der Waals surface area contributed by atoms with E-state index in [9.17, 15) is 12.8 Å². The molecule has 0 amide bonds. The number of sulfonamides is 1. The molecule has 0 atom stereocenters. The summed E-state index contributed by atoms with van der Waals surface area (Å²) in [4.78, 5) is 1.23. The molecule has 1 saturated heterocycles. The highest BCUT2D eigenvalue weighted by molar-refractivity contribution is 7.89. The molecular formula is C19H22FN2O5S+. The first kappa shape index (κ1) is 19.0. The van der Waals surface area contributed by atoms with Gasteiger partial charge in [0, 0.05) is 5.56 Å². The van der Waals surface area contributed by atoms with E-state index in [-0.39, 0.29) is 17.4 Å². The van der Waals surface area contributed by atoms with Gasteiger partial charge in [-0.3, -0.25) is 0 Å². The van der Waals surface area contributed by atoms with Gasteiger partial charge in [-0.2, -0.15) is 4.31 Å². The number of hydrogen-bond acceptors (Lipinski definition) is 5. The maximum atomic E-state index is 13.9. The van der Waals surface area contributed by atoms with E-state index in [0.29, 0.717) is 26.2 Å². The van der Waals surface area contributed by atoms with Crippen LogP contribution in [0.1, 0.15) is 5.56 Å². The minimum absolute atomic E-state index is 0.0249. The van der Waals surface area contributed by atoms with Gasteiger partial charge in [0.1, 0.15) is 6.54 Å². The fraction of sp³-hybridized carbons (Fsp3) is 0.368. The summed E-state index contributed by atoms with van der Waals surface area (Å²) in [5, 5.41) is 0. The highest BCUT2D eigenvalue weighted by Gasteiger charge is 2.31. The van der Waals surface area contributed by atoms with Crippen LogP contribution in [0.3, 0.4) is 0 Å². The number of halogens is 1. The first-order valence-electron chi connectivity index (χ1n) is 9.03. The standard InChI is InChI=1S/C19H21FN2O5S/c1-25-17-5-3-15(11-16(17)20)28(23,24)22-8-6-21(7-9-22)12-14-2-4-18-19(10-14)27-13-26-18/h2-5,10-11H,6-9,12-13H2,1H3/p+1. The molecule has 2 aliphatic heterocycles. The Morgan fingerprint density at radius 1 is 1.11 bits per heavy atom. The van der Waals surface area contributed by atoms with Crippen LogP contribution in [-0.2, 0) is 16.6 Å².